The number of hydrogen-bond donors (Lipinski definition) is 1. The zero-order chi connectivity index (χ0) is 29.2. The maximum absolute atomic E-state index is 13.5. The lowest BCUT2D eigenvalue weighted by molar-refractivity contribution is -0.137. The lowest BCUT2D eigenvalue weighted by atomic mass is 9.77. The van der Waals surface area contributed by atoms with Gasteiger partial charge in [-0.3, -0.25) is 4.90 Å². The fraction of sp³-hybridized carbons (Fsp3) is 0.407. The monoisotopic (exact) mass is 590 g/mol. The number of alkyl halides is 3. The molecule has 0 spiro atoms. The molecule has 218 valence electrons. The molecule has 41 heavy (non-hydrogen) atoms. The van der Waals surface area contributed by atoms with Crippen molar-refractivity contribution in [1.82, 2.24) is 19.9 Å². The SMILES string of the molecule is NS(=O)(=O)OC(=O)c1cccc(N(c2ccncn2)[C@H]2CC[C@H](c3cccc(C(F)(F)F)c3)C[C@@H]2N2CCCC2)n1. The van der Waals surface area contributed by atoms with Crippen LogP contribution in [0.1, 0.15) is 59.6 Å². The van der Waals surface area contributed by atoms with E-state index in [0.29, 0.717) is 36.5 Å². The molecule has 0 radical (unpaired) electrons. The molecule has 1 aliphatic carbocycles. The third-order valence-electron chi connectivity index (χ3n) is 7.60. The molecule has 2 aromatic heterocycles. The van der Waals surface area contributed by atoms with Crippen LogP contribution in [0.15, 0.2) is 61.1 Å². The van der Waals surface area contributed by atoms with Gasteiger partial charge in [-0.05, 0) is 80.9 Å². The number of anilines is 2. The number of halogens is 3. The number of rotatable bonds is 7. The molecule has 5 rings (SSSR count). The van der Waals surface area contributed by atoms with E-state index in [9.17, 15) is 26.4 Å². The highest BCUT2D eigenvalue weighted by molar-refractivity contribution is 7.84. The van der Waals surface area contributed by atoms with E-state index in [4.69, 9.17) is 5.14 Å². The molecular formula is C27H29F3N6O4S. The predicted octanol–water partition coefficient (Wildman–Crippen LogP) is 4.19. The van der Waals surface area contributed by atoms with Crippen molar-refractivity contribution in [2.24, 2.45) is 5.14 Å². The van der Waals surface area contributed by atoms with Gasteiger partial charge in [0.15, 0.2) is 5.69 Å². The molecule has 2 aliphatic rings. The summed E-state index contributed by atoms with van der Waals surface area (Å²) in [5.41, 5.74) is -0.266. The van der Waals surface area contributed by atoms with E-state index >= 15 is 0 Å². The summed E-state index contributed by atoms with van der Waals surface area (Å²) in [5.74, 6) is -0.466. The van der Waals surface area contributed by atoms with Crippen molar-refractivity contribution >= 4 is 27.9 Å². The number of hydrogen-bond acceptors (Lipinski definition) is 9. The number of benzene rings is 1. The Bertz CT molecular complexity index is 1490. The number of nitrogens with two attached hydrogens (primary N) is 1. The van der Waals surface area contributed by atoms with Crippen LogP contribution >= 0.6 is 0 Å². The molecule has 0 unspecified atom stereocenters. The van der Waals surface area contributed by atoms with Gasteiger partial charge >= 0.3 is 22.4 Å². The summed E-state index contributed by atoms with van der Waals surface area (Å²) >= 11 is 0. The number of carbonyl (C=O) groups is 1. The van der Waals surface area contributed by atoms with Gasteiger partial charge in [0.05, 0.1) is 11.6 Å². The first-order valence-electron chi connectivity index (χ1n) is 13.2. The molecule has 2 fully saturated rings. The lowest BCUT2D eigenvalue weighted by Crippen LogP contribution is -2.53. The van der Waals surface area contributed by atoms with E-state index in [1.165, 1.54) is 24.5 Å². The molecule has 2 N–H and O–H groups in total. The fourth-order valence-corrected chi connectivity index (χ4v) is 6.17. The first-order valence-corrected chi connectivity index (χ1v) is 14.7. The van der Waals surface area contributed by atoms with Crippen molar-refractivity contribution in [2.75, 3.05) is 18.0 Å². The average molecular weight is 591 g/mol. The highest BCUT2D eigenvalue weighted by Gasteiger charge is 2.41. The van der Waals surface area contributed by atoms with Crippen LogP contribution < -0.4 is 10.0 Å². The molecular weight excluding hydrogens is 561 g/mol. The largest absolute Gasteiger partial charge is 0.416 e. The van der Waals surface area contributed by atoms with Crippen LogP contribution in [0.3, 0.4) is 0 Å². The van der Waals surface area contributed by atoms with Crippen molar-refractivity contribution in [3.05, 3.63) is 77.9 Å². The van der Waals surface area contributed by atoms with Crippen LogP contribution in [0.4, 0.5) is 24.8 Å². The van der Waals surface area contributed by atoms with Crippen LogP contribution in [0.5, 0.6) is 0 Å². The van der Waals surface area contributed by atoms with E-state index < -0.39 is 28.0 Å². The summed E-state index contributed by atoms with van der Waals surface area (Å²) in [6.07, 6.45) is 2.39. The highest BCUT2D eigenvalue weighted by Crippen LogP contribution is 2.42. The molecule has 1 saturated heterocycles. The second-order valence-electron chi connectivity index (χ2n) is 10.2. The third-order valence-corrected chi connectivity index (χ3v) is 7.99. The van der Waals surface area contributed by atoms with Gasteiger partial charge in [-0.2, -0.15) is 26.7 Å². The topological polar surface area (TPSA) is 132 Å². The van der Waals surface area contributed by atoms with Gasteiger partial charge < -0.3 is 9.08 Å². The lowest BCUT2D eigenvalue weighted by Gasteiger charge is -2.46. The van der Waals surface area contributed by atoms with E-state index in [2.05, 4.69) is 24.0 Å². The average Bonchev–Trinajstić information content (AvgIpc) is 3.48. The van der Waals surface area contributed by atoms with Gasteiger partial charge in [-0.1, -0.05) is 24.3 Å². The molecule has 0 amide bonds. The highest BCUT2D eigenvalue weighted by atomic mass is 32.2. The van der Waals surface area contributed by atoms with Crippen molar-refractivity contribution in [3.8, 4) is 0 Å². The Hall–Kier alpha value is -3.62. The number of nitrogens with zero attached hydrogens (tertiary/aromatic N) is 5. The molecule has 14 heteroatoms. The van der Waals surface area contributed by atoms with Crippen LogP contribution in [0.25, 0.3) is 0 Å². The molecule has 3 atom stereocenters. The predicted molar refractivity (Wildman–Crippen MR) is 143 cm³/mol. The molecule has 0 bridgehead atoms. The Balaban J connectivity index is 1.52. The molecule has 3 heterocycles. The Morgan fingerprint density at radius 3 is 2.49 bits per heavy atom. The smallest absolute Gasteiger partial charge is 0.328 e. The van der Waals surface area contributed by atoms with Crippen LogP contribution in [0, 0.1) is 0 Å². The van der Waals surface area contributed by atoms with Crippen molar-refractivity contribution < 1.29 is 30.6 Å². The van der Waals surface area contributed by atoms with Gasteiger partial charge in [0.1, 0.15) is 18.0 Å². The quantitative estimate of drug-likeness (QED) is 0.430. The zero-order valence-corrected chi connectivity index (χ0v) is 22.8. The first kappa shape index (κ1) is 28.9. The van der Waals surface area contributed by atoms with Crippen molar-refractivity contribution in [3.63, 3.8) is 0 Å². The van der Waals surface area contributed by atoms with Gasteiger partial charge in [0, 0.05) is 12.2 Å². The van der Waals surface area contributed by atoms with Crippen molar-refractivity contribution in [2.45, 2.75) is 56.3 Å². The van der Waals surface area contributed by atoms with Gasteiger partial charge in [0.25, 0.3) is 0 Å². The fourth-order valence-electron chi connectivity index (χ4n) is 5.87. The van der Waals surface area contributed by atoms with E-state index in [1.807, 2.05) is 4.90 Å². The molecule has 3 aromatic rings. The standard InChI is InChI=1S/C27H29F3N6O4S/c28-27(29,30)20-6-3-5-18(15-20)19-9-10-22(23(16-19)35-13-1-2-14-35)36(24-11-12-32-17-33-24)25-8-4-7-21(34-25)26(37)40-41(31,38)39/h3-8,11-12,15,17,19,22-23H,1-2,9-10,13-14,16H2,(H2,31,38,39)/t19-,22-,23-/m0/s1. The second kappa shape index (κ2) is 11.7. The number of aromatic nitrogens is 3. The van der Waals surface area contributed by atoms with Crippen LogP contribution in [-0.4, -0.2) is 59.4 Å². The second-order valence-corrected chi connectivity index (χ2v) is 11.3. The number of pyridine rings is 1. The molecule has 1 saturated carbocycles. The third kappa shape index (κ3) is 6.82. The van der Waals surface area contributed by atoms with E-state index in [1.54, 1.807) is 30.5 Å². The summed E-state index contributed by atoms with van der Waals surface area (Å²) < 4.78 is 67.4. The van der Waals surface area contributed by atoms with Crippen molar-refractivity contribution in [1.29, 1.82) is 0 Å². The maximum Gasteiger partial charge on any atom is 0.416 e. The summed E-state index contributed by atoms with van der Waals surface area (Å²) in [4.78, 5) is 29.6. The minimum Gasteiger partial charge on any atom is -0.328 e. The summed E-state index contributed by atoms with van der Waals surface area (Å²) in [7, 11) is -4.54. The summed E-state index contributed by atoms with van der Waals surface area (Å²) in [6.45, 7) is 1.70. The summed E-state index contributed by atoms with van der Waals surface area (Å²) in [6, 6.07) is 11.5. The normalized spacial score (nSPS) is 21.9. The van der Waals surface area contributed by atoms with E-state index in [-0.39, 0.29) is 23.7 Å². The Kier molecular flexibility index (Phi) is 8.25. The first-order chi connectivity index (χ1) is 19.5. The number of likely N-dealkylation sites (tertiary alicyclic amines) is 1. The van der Waals surface area contributed by atoms with Crippen LogP contribution in [-0.2, 0) is 20.7 Å². The molecule has 1 aliphatic heterocycles. The maximum atomic E-state index is 13.5. The minimum absolute atomic E-state index is 0.0671. The van der Waals surface area contributed by atoms with Crippen LogP contribution in [0.2, 0.25) is 0 Å². The number of carbonyl (C=O) groups excluding carboxylic acids is 1. The Morgan fingerprint density at radius 1 is 1.05 bits per heavy atom. The Morgan fingerprint density at radius 2 is 1.80 bits per heavy atom. The molecule has 1 aromatic carbocycles. The van der Waals surface area contributed by atoms with Gasteiger partial charge in [-0.25, -0.2) is 19.7 Å². The Labute approximate surface area is 235 Å². The van der Waals surface area contributed by atoms with E-state index in [0.717, 1.165) is 32.0 Å². The minimum atomic E-state index is -4.54. The van der Waals surface area contributed by atoms with Gasteiger partial charge in [0.2, 0.25) is 0 Å². The molecule has 10 nitrogen and oxygen atoms in total. The zero-order valence-electron chi connectivity index (χ0n) is 21.9. The summed E-state index contributed by atoms with van der Waals surface area (Å²) in [5, 5.41) is 4.87. The van der Waals surface area contributed by atoms with Gasteiger partial charge in [-0.15, -0.1) is 0 Å².